The zero-order chi connectivity index (χ0) is 15.5. The number of ether oxygens (including phenoxy) is 1. The van der Waals surface area contributed by atoms with Gasteiger partial charge in [-0.05, 0) is 42.6 Å². The fraction of sp³-hybridized carbons (Fsp3) is 0.529. The number of fused-ring (bicyclic) bond motifs is 2. The van der Waals surface area contributed by atoms with E-state index in [1.165, 1.54) is 0 Å². The van der Waals surface area contributed by atoms with Crippen molar-refractivity contribution in [1.82, 2.24) is 5.32 Å². The van der Waals surface area contributed by atoms with Crippen LogP contribution in [0.25, 0.3) is 0 Å². The third kappa shape index (κ3) is 3.24. The Bertz CT molecular complexity index is 545. The molecule has 0 saturated heterocycles. The molecule has 22 heavy (non-hydrogen) atoms. The number of amides is 1. The number of alkyl carbamates (subject to hydrolysis) is 1. The number of hydrogen-bond donors (Lipinski definition) is 2. The number of rotatable bonds is 5. The lowest BCUT2D eigenvalue weighted by Crippen LogP contribution is -2.44. The van der Waals surface area contributed by atoms with E-state index in [1.807, 2.05) is 30.3 Å². The fourth-order valence-corrected chi connectivity index (χ4v) is 4.03. The van der Waals surface area contributed by atoms with Gasteiger partial charge in [-0.3, -0.25) is 4.79 Å². The van der Waals surface area contributed by atoms with Gasteiger partial charge in [0.2, 0.25) is 0 Å². The molecule has 0 radical (unpaired) electrons. The number of benzene rings is 1. The first-order valence-corrected chi connectivity index (χ1v) is 7.82. The van der Waals surface area contributed by atoms with Crippen molar-refractivity contribution in [3.8, 4) is 0 Å². The predicted octanol–water partition coefficient (Wildman–Crippen LogP) is 2.80. The first-order valence-electron chi connectivity index (χ1n) is 7.82. The second-order valence-electron chi connectivity index (χ2n) is 6.33. The Kier molecular flexibility index (Phi) is 4.32. The van der Waals surface area contributed by atoms with E-state index in [1.54, 1.807) is 0 Å². The molecule has 4 atom stereocenters. The van der Waals surface area contributed by atoms with Crippen LogP contribution in [0, 0.1) is 17.8 Å². The highest BCUT2D eigenvalue weighted by atomic mass is 16.5. The van der Waals surface area contributed by atoms with Crippen LogP contribution in [-0.2, 0) is 16.1 Å². The molecule has 1 aromatic rings. The fourth-order valence-electron chi connectivity index (χ4n) is 4.03. The Hall–Kier alpha value is -2.04. The molecule has 1 amide bonds. The van der Waals surface area contributed by atoms with E-state index in [0.717, 1.165) is 24.8 Å². The average Bonchev–Trinajstić information content (AvgIpc) is 3.09. The van der Waals surface area contributed by atoms with Crippen molar-refractivity contribution in [3.63, 3.8) is 0 Å². The van der Waals surface area contributed by atoms with Gasteiger partial charge in [-0.15, -0.1) is 0 Å². The summed E-state index contributed by atoms with van der Waals surface area (Å²) in [5.41, 5.74) is 0.938. The van der Waals surface area contributed by atoms with Crippen LogP contribution >= 0.6 is 0 Å². The molecule has 1 aromatic carbocycles. The summed E-state index contributed by atoms with van der Waals surface area (Å²) in [4.78, 5) is 23.0. The maximum absolute atomic E-state index is 12.0. The number of carbonyl (C=O) groups is 2. The molecule has 2 aliphatic rings. The molecule has 2 saturated carbocycles. The van der Waals surface area contributed by atoms with Crippen LogP contribution in [0.1, 0.15) is 31.2 Å². The highest BCUT2D eigenvalue weighted by Crippen LogP contribution is 2.49. The van der Waals surface area contributed by atoms with Gasteiger partial charge in [0.25, 0.3) is 0 Å². The van der Waals surface area contributed by atoms with E-state index < -0.39 is 12.1 Å². The summed E-state index contributed by atoms with van der Waals surface area (Å²) >= 11 is 0. The molecule has 118 valence electrons. The second kappa shape index (κ2) is 6.38. The molecule has 0 heterocycles. The first-order chi connectivity index (χ1) is 10.6. The van der Waals surface area contributed by atoms with Gasteiger partial charge < -0.3 is 15.2 Å². The maximum atomic E-state index is 12.0. The summed E-state index contributed by atoms with van der Waals surface area (Å²) in [6.45, 7) is 0.233. The molecule has 2 N–H and O–H groups in total. The SMILES string of the molecule is O=C(O)CC1C(NC(=O)OCc2ccccc2)[C@H]2CC[C@H]1C2. The molecule has 5 heteroatoms. The Morgan fingerprint density at radius 1 is 1.18 bits per heavy atom. The highest BCUT2D eigenvalue weighted by molar-refractivity contribution is 5.69. The summed E-state index contributed by atoms with van der Waals surface area (Å²) in [7, 11) is 0. The molecule has 0 aliphatic heterocycles. The minimum Gasteiger partial charge on any atom is -0.481 e. The molecular weight excluding hydrogens is 282 g/mol. The number of nitrogens with one attached hydrogen (secondary N) is 1. The predicted molar refractivity (Wildman–Crippen MR) is 80.1 cm³/mol. The zero-order valence-electron chi connectivity index (χ0n) is 12.4. The van der Waals surface area contributed by atoms with Crippen molar-refractivity contribution in [2.75, 3.05) is 0 Å². The van der Waals surface area contributed by atoms with Gasteiger partial charge in [-0.2, -0.15) is 0 Å². The van der Waals surface area contributed by atoms with E-state index in [4.69, 9.17) is 9.84 Å². The zero-order valence-corrected chi connectivity index (χ0v) is 12.4. The minimum atomic E-state index is -0.790. The number of carboxylic acids is 1. The summed E-state index contributed by atoms with van der Waals surface area (Å²) in [6, 6.07) is 9.45. The summed E-state index contributed by atoms with van der Waals surface area (Å²) in [6.07, 6.45) is 2.87. The monoisotopic (exact) mass is 303 g/mol. The van der Waals surface area contributed by atoms with E-state index >= 15 is 0 Å². The first kappa shape index (κ1) is 14.9. The largest absolute Gasteiger partial charge is 0.481 e. The van der Waals surface area contributed by atoms with Gasteiger partial charge >= 0.3 is 12.1 Å². The van der Waals surface area contributed by atoms with E-state index in [0.29, 0.717) is 11.8 Å². The Morgan fingerprint density at radius 3 is 2.64 bits per heavy atom. The molecule has 0 aromatic heterocycles. The Morgan fingerprint density at radius 2 is 1.91 bits per heavy atom. The van der Waals surface area contributed by atoms with Crippen molar-refractivity contribution in [2.45, 2.75) is 38.3 Å². The van der Waals surface area contributed by atoms with Crippen LogP contribution in [-0.4, -0.2) is 23.2 Å². The highest BCUT2D eigenvalue weighted by Gasteiger charge is 2.48. The van der Waals surface area contributed by atoms with Gasteiger partial charge in [0.05, 0.1) is 6.42 Å². The normalized spacial score (nSPS) is 29.3. The minimum absolute atomic E-state index is 0.0422. The van der Waals surface area contributed by atoms with Crippen LogP contribution in [0.4, 0.5) is 4.79 Å². The van der Waals surface area contributed by atoms with Gasteiger partial charge in [0, 0.05) is 6.04 Å². The molecule has 2 unspecified atom stereocenters. The molecule has 5 nitrogen and oxygen atoms in total. The van der Waals surface area contributed by atoms with Crippen LogP contribution in [0.15, 0.2) is 30.3 Å². The van der Waals surface area contributed by atoms with E-state index in [9.17, 15) is 9.59 Å². The van der Waals surface area contributed by atoms with Gasteiger partial charge in [0.1, 0.15) is 6.61 Å². The number of carbonyl (C=O) groups excluding carboxylic acids is 1. The van der Waals surface area contributed by atoms with Crippen molar-refractivity contribution in [3.05, 3.63) is 35.9 Å². The summed E-state index contributed by atoms with van der Waals surface area (Å²) in [5.74, 6) is 0.0849. The topological polar surface area (TPSA) is 75.6 Å². The van der Waals surface area contributed by atoms with Crippen LogP contribution in [0.3, 0.4) is 0 Å². The smallest absolute Gasteiger partial charge is 0.407 e. The molecular formula is C17H21NO4. The van der Waals surface area contributed by atoms with E-state index in [-0.39, 0.29) is 25.0 Å². The molecule has 2 fully saturated rings. The van der Waals surface area contributed by atoms with Crippen molar-refractivity contribution < 1.29 is 19.4 Å². The van der Waals surface area contributed by atoms with Crippen LogP contribution in [0.2, 0.25) is 0 Å². The lowest BCUT2D eigenvalue weighted by Gasteiger charge is -2.30. The second-order valence-corrected chi connectivity index (χ2v) is 6.33. The molecule has 3 rings (SSSR count). The van der Waals surface area contributed by atoms with Crippen molar-refractivity contribution in [1.29, 1.82) is 0 Å². The molecule has 2 bridgehead atoms. The lowest BCUT2D eigenvalue weighted by molar-refractivity contribution is -0.138. The maximum Gasteiger partial charge on any atom is 0.407 e. The van der Waals surface area contributed by atoms with Gasteiger partial charge in [-0.25, -0.2) is 4.79 Å². The third-order valence-electron chi connectivity index (χ3n) is 5.00. The summed E-state index contributed by atoms with van der Waals surface area (Å²) in [5, 5.41) is 12.0. The van der Waals surface area contributed by atoms with Crippen LogP contribution in [0.5, 0.6) is 0 Å². The van der Waals surface area contributed by atoms with E-state index in [2.05, 4.69) is 5.32 Å². The molecule has 2 aliphatic carbocycles. The Balaban J connectivity index is 1.54. The Labute approximate surface area is 129 Å². The van der Waals surface area contributed by atoms with Crippen molar-refractivity contribution >= 4 is 12.1 Å². The average molecular weight is 303 g/mol. The quantitative estimate of drug-likeness (QED) is 0.877. The lowest BCUT2D eigenvalue weighted by atomic mass is 9.82. The van der Waals surface area contributed by atoms with Gasteiger partial charge in [-0.1, -0.05) is 30.3 Å². The number of aliphatic carboxylic acids is 1. The third-order valence-corrected chi connectivity index (χ3v) is 5.00. The standard InChI is InChI=1S/C17H21NO4/c19-15(20)9-14-12-6-7-13(8-12)16(14)18-17(21)22-10-11-4-2-1-3-5-11/h1-5,12-14,16H,6-10H2,(H,18,21)(H,19,20)/t12-,13-,14?,16?/m0/s1. The van der Waals surface area contributed by atoms with Crippen molar-refractivity contribution in [2.24, 2.45) is 17.8 Å². The number of hydrogen-bond acceptors (Lipinski definition) is 3. The van der Waals surface area contributed by atoms with Crippen LogP contribution < -0.4 is 5.32 Å². The molecule has 0 spiro atoms. The summed E-state index contributed by atoms with van der Waals surface area (Å²) < 4.78 is 5.25. The van der Waals surface area contributed by atoms with Gasteiger partial charge in [0.15, 0.2) is 0 Å². The number of carboxylic acid groups (broad SMARTS) is 1.